The average Bonchev–Trinajstić information content (AvgIpc) is 3.43. The minimum absolute atomic E-state index is 0.291. The predicted molar refractivity (Wildman–Crippen MR) is 184 cm³/mol. The molecule has 1 heterocycles. The van der Waals surface area contributed by atoms with Crippen molar-refractivity contribution in [2.24, 2.45) is 0 Å². The van der Waals surface area contributed by atoms with Gasteiger partial charge < -0.3 is 9.64 Å². The van der Waals surface area contributed by atoms with Crippen LogP contribution in [0.25, 0.3) is 22.3 Å². The standard InChI is InChI=1S/C43H41NO/c1-3-5-14-27(4-2)44(36-24-13-26-39-42(36)35-17-8-9-25-38(35)45-39)37-23-12-22-34-32-20-11-19-31-33-21-10-18-30(41(33)43(34)37)28-15-6-7-16-29(28)40(31)32/h4,6,10,12-15,18,21-24,26,31-32,35,38,40H,2-3,5,8-9,11,17,19-20,25H2,1H3/b27-14+. The number of hydrogen-bond donors (Lipinski definition) is 0. The fourth-order valence-electron chi connectivity index (χ4n) is 9.80. The van der Waals surface area contributed by atoms with Crippen molar-refractivity contribution in [3.8, 4) is 28.0 Å². The van der Waals surface area contributed by atoms with Gasteiger partial charge >= 0.3 is 0 Å². The zero-order valence-corrected chi connectivity index (χ0v) is 26.3. The molecule has 4 aromatic carbocycles. The van der Waals surface area contributed by atoms with Crippen molar-refractivity contribution >= 4 is 11.4 Å². The van der Waals surface area contributed by atoms with E-state index in [0.29, 0.717) is 29.8 Å². The quantitative estimate of drug-likeness (QED) is 0.208. The van der Waals surface area contributed by atoms with Crippen molar-refractivity contribution in [1.29, 1.82) is 0 Å². The van der Waals surface area contributed by atoms with Crippen molar-refractivity contribution < 1.29 is 4.74 Å². The highest BCUT2D eigenvalue weighted by molar-refractivity contribution is 5.99. The van der Waals surface area contributed by atoms with Gasteiger partial charge in [-0.15, -0.1) is 0 Å². The lowest BCUT2D eigenvalue weighted by molar-refractivity contribution is 0.164. The van der Waals surface area contributed by atoms with E-state index in [1.165, 1.54) is 100 Å². The van der Waals surface area contributed by atoms with Crippen molar-refractivity contribution in [2.45, 2.75) is 94.5 Å². The third-order valence-corrected chi connectivity index (χ3v) is 11.6. The second-order valence-corrected chi connectivity index (χ2v) is 13.8. The van der Waals surface area contributed by atoms with E-state index in [-0.39, 0.29) is 0 Å². The molecule has 0 aromatic heterocycles. The topological polar surface area (TPSA) is 12.5 Å². The van der Waals surface area contributed by atoms with Gasteiger partial charge in [0.05, 0.1) is 11.4 Å². The molecule has 0 amide bonds. The number of fused-ring (bicyclic) bond motifs is 7. The summed E-state index contributed by atoms with van der Waals surface area (Å²) in [7, 11) is 0. The SMILES string of the molecule is C=C/C(=C\CCC)N(c1cccc2c1-c1c3cccc1C1CCCC2C1c1c#cccc1-3)c1cccc2c1C1CCCCC1O2. The average molecular weight is 588 g/mol. The maximum atomic E-state index is 6.68. The summed E-state index contributed by atoms with van der Waals surface area (Å²) in [6.45, 7) is 6.67. The summed E-state index contributed by atoms with van der Waals surface area (Å²) in [5.41, 5.74) is 15.0. The summed E-state index contributed by atoms with van der Waals surface area (Å²) < 4.78 is 6.68. The molecular formula is C43H41NO. The molecule has 2 saturated carbocycles. The monoisotopic (exact) mass is 587 g/mol. The van der Waals surface area contributed by atoms with Gasteiger partial charge in [-0.2, -0.15) is 0 Å². The van der Waals surface area contributed by atoms with Gasteiger partial charge in [-0.1, -0.05) is 87.4 Å². The van der Waals surface area contributed by atoms with Crippen molar-refractivity contribution in [3.63, 3.8) is 0 Å². The molecule has 0 saturated heterocycles. The van der Waals surface area contributed by atoms with Crippen LogP contribution in [0.5, 0.6) is 5.75 Å². The third-order valence-electron chi connectivity index (χ3n) is 11.6. The molecule has 6 bridgehead atoms. The van der Waals surface area contributed by atoms with E-state index < -0.39 is 0 Å². The van der Waals surface area contributed by atoms with Crippen LogP contribution < -0.4 is 9.64 Å². The molecule has 5 atom stereocenters. The molecule has 2 fully saturated rings. The Morgan fingerprint density at radius 1 is 0.844 bits per heavy atom. The molecule has 1 aliphatic heterocycles. The Hall–Kier alpha value is -4.22. The van der Waals surface area contributed by atoms with Crippen LogP contribution in [0, 0.1) is 12.1 Å². The summed E-state index contributed by atoms with van der Waals surface area (Å²) in [6, 6.07) is 32.4. The molecule has 0 spiro atoms. The first-order valence-electron chi connectivity index (χ1n) is 17.4. The smallest absolute Gasteiger partial charge is 0.125 e. The molecule has 4 aliphatic carbocycles. The Bertz CT molecular complexity index is 1850. The number of rotatable bonds is 6. The van der Waals surface area contributed by atoms with Crippen molar-refractivity contribution in [2.75, 3.05) is 4.90 Å². The van der Waals surface area contributed by atoms with Gasteiger partial charge in [0.1, 0.15) is 11.9 Å². The molecule has 5 unspecified atom stereocenters. The second-order valence-electron chi connectivity index (χ2n) is 13.8. The Balaban J connectivity index is 1.36. The molecule has 0 N–H and O–H groups in total. The van der Waals surface area contributed by atoms with Gasteiger partial charge in [-0.25, -0.2) is 0 Å². The number of ether oxygens (including phenoxy) is 1. The van der Waals surface area contributed by atoms with Gasteiger partial charge in [0.25, 0.3) is 0 Å². The number of anilines is 2. The molecule has 45 heavy (non-hydrogen) atoms. The van der Waals surface area contributed by atoms with Gasteiger partial charge in [0.2, 0.25) is 0 Å². The summed E-state index contributed by atoms with van der Waals surface area (Å²) >= 11 is 0. The van der Waals surface area contributed by atoms with Crippen LogP contribution >= 0.6 is 0 Å². The minimum atomic E-state index is 0.291. The fourth-order valence-corrected chi connectivity index (χ4v) is 9.80. The maximum absolute atomic E-state index is 6.68. The molecule has 5 aliphatic rings. The highest BCUT2D eigenvalue weighted by Gasteiger charge is 2.46. The second kappa shape index (κ2) is 10.7. The number of benzene rings is 3. The summed E-state index contributed by atoms with van der Waals surface area (Å²) in [6.07, 6.45) is 15.5. The Morgan fingerprint density at radius 2 is 1.60 bits per heavy atom. The van der Waals surface area contributed by atoms with Gasteiger partial charge in [-0.3, -0.25) is 0 Å². The number of nitrogens with zero attached hydrogens (tertiary/aromatic N) is 1. The van der Waals surface area contributed by atoms with E-state index >= 15 is 0 Å². The highest BCUT2D eigenvalue weighted by Crippen LogP contribution is 2.64. The summed E-state index contributed by atoms with van der Waals surface area (Å²) in [5, 5.41) is 0. The van der Waals surface area contributed by atoms with Gasteiger partial charge in [0.15, 0.2) is 0 Å². The molecule has 2 nitrogen and oxygen atoms in total. The Morgan fingerprint density at radius 3 is 2.44 bits per heavy atom. The lowest BCUT2D eigenvalue weighted by Gasteiger charge is -2.38. The fraction of sp³-hybridized carbons (Fsp3) is 0.349. The predicted octanol–water partition coefficient (Wildman–Crippen LogP) is 11.5. The minimum Gasteiger partial charge on any atom is -0.489 e. The third kappa shape index (κ3) is 3.96. The molecule has 2 heteroatoms. The van der Waals surface area contributed by atoms with Crippen molar-refractivity contribution in [3.05, 3.63) is 126 Å². The zero-order chi connectivity index (χ0) is 30.1. The Labute approximate surface area is 268 Å². The molecule has 4 aromatic rings. The number of allylic oxidation sites excluding steroid dienone is 2. The first-order valence-corrected chi connectivity index (χ1v) is 17.4. The largest absolute Gasteiger partial charge is 0.489 e. The van der Waals surface area contributed by atoms with Gasteiger partial charge in [0, 0.05) is 34.2 Å². The highest BCUT2D eigenvalue weighted by atomic mass is 16.5. The normalized spacial score (nSPS) is 25.0. The molecule has 9 rings (SSSR count). The van der Waals surface area contributed by atoms with Crippen LogP contribution in [-0.2, 0) is 0 Å². The van der Waals surface area contributed by atoms with E-state index in [0.717, 1.165) is 25.0 Å². The van der Waals surface area contributed by atoms with E-state index in [4.69, 9.17) is 4.74 Å². The summed E-state index contributed by atoms with van der Waals surface area (Å²) in [4.78, 5) is 2.57. The van der Waals surface area contributed by atoms with Crippen LogP contribution in [0.1, 0.15) is 111 Å². The number of unbranched alkanes of at least 4 members (excludes halogenated alkanes) is 1. The van der Waals surface area contributed by atoms with Crippen LogP contribution in [0.2, 0.25) is 0 Å². The van der Waals surface area contributed by atoms with E-state index in [1.807, 2.05) is 0 Å². The van der Waals surface area contributed by atoms with E-state index in [2.05, 4.69) is 109 Å². The molecule has 0 radical (unpaired) electrons. The molecular weight excluding hydrogens is 546 g/mol. The Kier molecular flexibility index (Phi) is 6.45. The van der Waals surface area contributed by atoms with E-state index in [1.54, 1.807) is 0 Å². The van der Waals surface area contributed by atoms with Crippen LogP contribution in [0.3, 0.4) is 0 Å². The maximum Gasteiger partial charge on any atom is 0.125 e. The lowest BCUT2D eigenvalue weighted by Crippen LogP contribution is -2.24. The van der Waals surface area contributed by atoms with Gasteiger partial charge in [-0.05, 0) is 115 Å². The zero-order valence-electron chi connectivity index (χ0n) is 26.3. The van der Waals surface area contributed by atoms with Crippen LogP contribution in [0.15, 0.2) is 91.2 Å². The van der Waals surface area contributed by atoms with Crippen LogP contribution in [0.4, 0.5) is 11.4 Å². The lowest BCUT2D eigenvalue weighted by atomic mass is 9.65. The van der Waals surface area contributed by atoms with E-state index in [9.17, 15) is 0 Å². The first-order chi connectivity index (χ1) is 22.3. The van der Waals surface area contributed by atoms with Crippen molar-refractivity contribution in [1.82, 2.24) is 0 Å². The number of hydrogen-bond acceptors (Lipinski definition) is 2. The molecule has 224 valence electrons. The van der Waals surface area contributed by atoms with Crippen LogP contribution in [-0.4, -0.2) is 6.10 Å². The first kappa shape index (κ1) is 27.1. The summed E-state index contributed by atoms with van der Waals surface area (Å²) in [5.74, 6) is 2.88.